The summed E-state index contributed by atoms with van der Waals surface area (Å²) in [7, 11) is 0. The Bertz CT molecular complexity index is 526. The Balaban J connectivity index is 2.12. The van der Waals surface area contributed by atoms with Crippen molar-refractivity contribution in [1.29, 1.82) is 0 Å². The molecule has 0 N–H and O–H groups in total. The molecular formula is C17H26N2O2S. The van der Waals surface area contributed by atoms with Gasteiger partial charge in [-0.3, -0.25) is 9.59 Å². The Morgan fingerprint density at radius 1 is 1.45 bits per heavy atom. The van der Waals surface area contributed by atoms with Crippen LogP contribution in [-0.4, -0.2) is 40.7 Å². The van der Waals surface area contributed by atoms with Gasteiger partial charge >= 0.3 is 0 Å². The Labute approximate surface area is 137 Å². The number of carbonyl (C=O) groups excluding carboxylic acids is 2. The van der Waals surface area contributed by atoms with Gasteiger partial charge in [-0.05, 0) is 43.2 Å². The minimum Gasteiger partial charge on any atom is -0.336 e. The second-order valence-corrected chi connectivity index (χ2v) is 7.01. The number of hydrogen-bond donors (Lipinski definition) is 0. The minimum atomic E-state index is -0.255. The summed E-state index contributed by atoms with van der Waals surface area (Å²) in [5.41, 5.74) is 1.24. The number of hydrogen-bond acceptors (Lipinski definition) is 3. The molecule has 0 spiro atoms. The summed E-state index contributed by atoms with van der Waals surface area (Å²) >= 11 is 1.70. The van der Waals surface area contributed by atoms with E-state index in [0.29, 0.717) is 13.1 Å². The van der Waals surface area contributed by atoms with E-state index in [4.69, 9.17) is 0 Å². The third-order valence-corrected chi connectivity index (χ3v) is 5.35. The summed E-state index contributed by atoms with van der Waals surface area (Å²) in [5.74, 6) is 0.132. The number of aryl methyl sites for hydroxylation is 1. The SMILES string of the molecule is CCCCN(Cc1sccc1C)C(=O)[C@@H]1CCCN1C(C)=O. The molecule has 0 radical (unpaired) electrons. The van der Waals surface area contributed by atoms with Crippen molar-refractivity contribution in [1.82, 2.24) is 9.80 Å². The zero-order chi connectivity index (χ0) is 16.1. The second-order valence-electron chi connectivity index (χ2n) is 6.01. The van der Waals surface area contributed by atoms with E-state index in [-0.39, 0.29) is 17.9 Å². The Morgan fingerprint density at radius 3 is 2.82 bits per heavy atom. The highest BCUT2D eigenvalue weighted by Crippen LogP contribution is 2.23. The topological polar surface area (TPSA) is 40.6 Å². The molecule has 22 heavy (non-hydrogen) atoms. The van der Waals surface area contributed by atoms with E-state index in [2.05, 4.69) is 25.3 Å². The van der Waals surface area contributed by atoms with Crippen LogP contribution in [-0.2, 0) is 16.1 Å². The smallest absolute Gasteiger partial charge is 0.245 e. The molecule has 1 aliphatic rings. The number of amides is 2. The van der Waals surface area contributed by atoms with Gasteiger partial charge in [0, 0.05) is 24.9 Å². The molecule has 0 unspecified atom stereocenters. The van der Waals surface area contributed by atoms with Gasteiger partial charge in [0.1, 0.15) is 6.04 Å². The largest absolute Gasteiger partial charge is 0.336 e. The second kappa shape index (κ2) is 7.77. The molecule has 0 bridgehead atoms. The van der Waals surface area contributed by atoms with Gasteiger partial charge in [0.25, 0.3) is 0 Å². The maximum absolute atomic E-state index is 12.9. The maximum atomic E-state index is 12.9. The van der Waals surface area contributed by atoms with Gasteiger partial charge in [0.15, 0.2) is 0 Å². The van der Waals surface area contributed by atoms with Crippen molar-refractivity contribution >= 4 is 23.2 Å². The van der Waals surface area contributed by atoms with Gasteiger partial charge in [-0.25, -0.2) is 0 Å². The van der Waals surface area contributed by atoms with Crippen LogP contribution in [0, 0.1) is 6.92 Å². The van der Waals surface area contributed by atoms with E-state index in [1.807, 2.05) is 4.90 Å². The summed E-state index contributed by atoms with van der Waals surface area (Å²) < 4.78 is 0. The third kappa shape index (κ3) is 3.88. The van der Waals surface area contributed by atoms with Crippen molar-refractivity contribution in [2.75, 3.05) is 13.1 Å². The number of rotatable bonds is 6. The first-order valence-electron chi connectivity index (χ1n) is 8.13. The van der Waals surface area contributed by atoms with Crippen LogP contribution in [0.15, 0.2) is 11.4 Å². The predicted molar refractivity (Wildman–Crippen MR) is 89.8 cm³/mol. The lowest BCUT2D eigenvalue weighted by molar-refractivity contribution is -0.143. The Kier molecular flexibility index (Phi) is 6.00. The first-order valence-corrected chi connectivity index (χ1v) is 9.01. The molecule has 1 aromatic heterocycles. The first kappa shape index (κ1) is 17.0. The zero-order valence-electron chi connectivity index (χ0n) is 13.8. The molecule has 1 aromatic rings. The zero-order valence-corrected chi connectivity index (χ0v) is 14.6. The normalized spacial score (nSPS) is 17.8. The van der Waals surface area contributed by atoms with Gasteiger partial charge < -0.3 is 9.80 Å². The van der Waals surface area contributed by atoms with E-state index in [1.54, 1.807) is 23.2 Å². The summed E-state index contributed by atoms with van der Waals surface area (Å²) in [6.45, 7) is 7.94. The van der Waals surface area contributed by atoms with Gasteiger partial charge in [-0.1, -0.05) is 13.3 Å². The Hall–Kier alpha value is -1.36. The number of carbonyl (C=O) groups is 2. The minimum absolute atomic E-state index is 0.0126. The number of unbranched alkanes of at least 4 members (excludes halogenated alkanes) is 1. The molecule has 0 saturated carbocycles. The van der Waals surface area contributed by atoms with Gasteiger partial charge in [0.05, 0.1) is 6.54 Å². The lowest BCUT2D eigenvalue weighted by Gasteiger charge is -2.30. The monoisotopic (exact) mass is 322 g/mol. The highest BCUT2D eigenvalue weighted by atomic mass is 32.1. The van der Waals surface area contributed by atoms with Gasteiger partial charge in [0.2, 0.25) is 11.8 Å². The number of nitrogens with zero attached hydrogens (tertiary/aromatic N) is 2. The molecule has 0 aromatic carbocycles. The molecule has 4 nitrogen and oxygen atoms in total. The molecular weight excluding hydrogens is 296 g/mol. The molecule has 2 amide bonds. The average molecular weight is 322 g/mol. The van der Waals surface area contributed by atoms with Crippen LogP contribution >= 0.6 is 11.3 Å². The first-order chi connectivity index (χ1) is 10.5. The fourth-order valence-corrected chi connectivity index (χ4v) is 3.89. The lowest BCUT2D eigenvalue weighted by atomic mass is 10.1. The van der Waals surface area contributed by atoms with E-state index in [1.165, 1.54) is 10.4 Å². The van der Waals surface area contributed by atoms with E-state index < -0.39 is 0 Å². The quantitative estimate of drug-likeness (QED) is 0.807. The summed E-state index contributed by atoms with van der Waals surface area (Å²) in [5, 5.41) is 2.07. The van der Waals surface area contributed by atoms with Crippen LogP contribution in [0.5, 0.6) is 0 Å². The molecule has 5 heteroatoms. The summed E-state index contributed by atoms with van der Waals surface area (Å²) in [6.07, 6.45) is 3.79. The maximum Gasteiger partial charge on any atom is 0.245 e. The molecule has 1 fully saturated rings. The lowest BCUT2D eigenvalue weighted by Crippen LogP contribution is -2.47. The third-order valence-electron chi connectivity index (χ3n) is 4.34. The fourth-order valence-electron chi connectivity index (χ4n) is 2.97. The van der Waals surface area contributed by atoms with Crippen molar-refractivity contribution in [3.8, 4) is 0 Å². The van der Waals surface area contributed by atoms with Crippen molar-refractivity contribution in [3.05, 3.63) is 21.9 Å². The van der Waals surface area contributed by atoms with Crippen molar-refractivity contribution in [3.63, 3.8) is 0 Å². The highest BCUT2D eigenvalue weighted by molar-refractivity contribution is 7.10. The van der Waals surface area contributed by atoms with Gasteiger partial charge in [-0.2, -0.15) is 0 Å². The number of thiophene rings is 1. The Morgan fingerprint density at radius 2 is 2.23 bits per heavy atom. The van der Waals surface area contributed by atoms with E-state index in [9.17, 15) is 9.59 Å². The van der Waals surface area contributed by atoms with Crippen LogP contribution in [0.25, 0.3) is 0 Å². The molecule has 1 atom stereocenters. The standard InChI is InChI=1S/C17H26N2O2S/c1-4-5-9-18(12-16-13(2)8-11-22-16)17(21)15-7-6-10-19(15)14(3)20/h8,11,15H,4-7,9-10,12H2,1-3H3/t15-/m0/s1. The molecule has 2 heterocycles. The fraction of sp³-hybridized carbons (Fsp3) is 0.647. The van der Waals surface area contributed by atoms with Crippen LogP contribution in [0.2, 0.25) is 0 Å². The molecule has 1 aliphatic heterocycles. The molecule has 0 aliphatic carbocycles. The highest BCUT2D eigenvalue weighted by Gasteiger charge is 2.35. The van der Waals surface area contributed by atoms with Crippen molar-refractivity contribution in [2.24, 2.45) is 0 Å². The predicted octanol–water partition coefficient (Wildman–Crippen LogP) is 3.20. The van der Waals surface area contributed by atoms with E-state index in [0.717, 1.165) is 32.2 Å². The van der Waals surface area contributed by atoms with E-state index >= 15 is 0 Å². The number of likely N-dealkylation sites (tertiary alicyclic amines) is 1. The van der Waals surface area contributed by atoms with Crippen LogP contribution in [0.4, 0.5) is 0 Å². The summed E-state index contributed by atoms with van der Waals surface area (Å²) in [6, 6.07) is 1.84. The van der Waals surface area contributed by atoms with Crippen molar-refractivity contribution in [2.45, 2.75) is 59.0 Å². The molecule has 2 rings (SSSR count). The molecule has 122 valence electrons. The van der Waals surface area contributed by atoms with Crippen LogP contribution < -0.4 is 0 Å². The van der Waals surface area contributed by atoms with Crippen LogP contribution in [0.1, 0.15) is 50.0 Å². The molecule has 1 saturated heterocycles. The van der Waals surface area contributed by atoms with Crippen LogP contribution in [0.3, 0.4) is 0 Å². The average Bonchev–Trinajstić information content (AvgIpc) is 3.12. The van der Waals surface area contributed by atoms with Gasteiger partial charge in [-0.15, -0.1) is 11.3 Å². The van der Waals surface area contributed by atoms with Crippen molar-refractivity contribution < 1.29 is 9.59 Å². The summed E-state index contributed by atoms with van der Waals surface area (Å²) in [4.78, 5) is 29.6.